The summed E-state index contributed by atoms with van der Waals surface area (Å²) in [5, 5.41) is 12.6. The predicted octanol–water partition coefficient (Wildman–Crippen LogP) is 2.30. The van der Waals surface area contributed by atoms with Gasteiger partial charge in [-0.1, -0.05) is 6.07 Å². The Hall–Kier alpha value is -1.97. The van der Waals surface area contributed by atoms with Crippen molar-refractivity contribution >= 4 is 5.69 Å². The van der Waals surface area contributed by atoms with Crippen molar-refractivity contribution in [3.63, 3.8) is 0 Å². The second kappa shape index (κ2) is 4.04. The summed E-state index contributed by atoms with van der Waals surface area (Å²) in [7, 11) is 0. The van der Waals surface area contributed by atoms with E-state index in [0.717, 1.165) is 17.0 Å². The van der Waals surface area contributed by atoms with Crippen LogP contribution in [-0.2, 0) is 6.54 Å². The van der Waals surface area contributed by atoms with Gasteiger partial charge in [-0.05, 0) is 18.6 Å². The van der Waals surface area contributed by atoms with Crippen LogP contribution in [0.25, 0.3) is 0 Å². The van der Waals surface area contributed by atoms with Crippen LogP contribution in [0.2, 0.25) is 0 Å². The molecule has 0 amide bonds. The highest BCUT2D eigenvalue weighted by Gasteiger charge is 1.99. The van der Waals surface area contributed by atoms with Crippen LogP contribution in [0.5, 0.6) is 5.75 Å². The lowest BCUT2D eigenvalue weighted by Crippen LogP contribution is -1.97. The van der Waals surface area contributed by atoms with E-state index in [1.54, 1.807) is 12.3 Å². The van der Waals surface area contributed by atoms with Crippen LogP contribution in [0.3, 0.4) is 0 Å². The summed E-state index contributed by atoms with van der Waals surface area (Å²) in [4.78, 5) is 3.81. The van der Waals surface area contributed by atoms with Crippen molar-refractivity contribution < 1.29 is 9.52 Å². The van der Waals surface area contributed by atoms with Crippen molar-refractivity contribution in [3.05, 3.63) is 42.1 Å². The fraction of sp³-hybridized carbons (Fsp3) is 0.182. The van der Waals surface area contributed by atoms with E-state index in [9.17, 15) is 5.11 Å². The molecule has 1 aromatic heterocycles. The van der Waals surface area contributed by atoms with E-state index >= 15 is 0 Å². The fourth-order valence-corrected chi connectivity index (χ4v) is 1.24. The molecule has 0 unspecified atom stereocenters. The Balaban J connectivity index is 2.02. The maximum Gasteiger partial charge on any atom is 0.180 e. The van der Waals surface area contributed by atoms with Gasteiger partial charge in [-0.25, -0.2) is 4.98 Å². The number of nitrogens with one attached hydrogen (secondary N) is 1. The Kier molecular flexibility index (Phi) is 2.58. The van der Waals surface area contributed by atoms with Crippen molar-refractivity contribution in [2.24, 2.45) is 0 Å². The van der Waals surface area contributed by atoms with Gasteiger partial charge in [0, 0.05) is 11.8 Å². The smallest absolute Gasteiger partial charge is 0.180 e. The summed E-state index contributed by atoms with van der Waals surface area (Å²) in [6.07, 6.45) is 3.05. The van der Waals surface area contributed by atoms with E-state index in [0.29, 0.717) is 6.54 Å². The highest BCUT2D eigenvalue weighted by molar-refractivity contribution is 5.50. The first-order chi connectivity index (χ1) is 7.25. The number of phenols is 1. The minimum atomic E-state index is 0.289. The third-order valence-corrected chi connectivity index (χ3v) is 2.16. The second-order valence-corrected chi connectivity index (χ2v) is 3.32. The summed E-state index contributed by atoms with van der Waals surface area (Å²) in [6.45, 7) is 2.41. The monoisotopic (exact) mass is 204 g/mol. The summed E-state index contributed by atoms with van der Waals surface area (Å²) in [5.41, 5.74) is 1.72. The molecular formula is C11H12N2O2. The topological polar surface area (TPSA) is 58.3 Å². The Labute approximate surface area is 87.6 Å². The molecule has 4 nitrogen and oxygen atoms in total. The van der Waals surface area contributed by atoms with Crippen LogP contribution >= 0.6 is 0 Å². The molecule has 0 saturated heterocycles. The third kappa shape index (κ3) is 2.28. The Morgan fingerprint density at radius 2 is 2.33 bits per heavy atom. The minimum Gasteiger partial charge on any atom is -0.508 e. The standard InChI is InChI=1S/C11H12N2O2/c1-8-2-3-9(4-11(8)14)13-6-10-5-12-7-15-10/h2-5,7,13-14H,6H2,1H3. The van der Waals surface area contributed by atoms with E-state index < -0.39 is 0 Å². The maximum absolute atomic E-state index is 9.48. The lowest BCUT2D eigenvalue weighted by molar-refractivity contribution is 0.471. The maximum atomic E-state index is 9.48. The molecule has 1 aromatic carbocycles. The number of rotatable bonds is 3. The van der Waals surface area contributed by atoms with Gasteiger partial charge in [0.25, 0.3) is 0 Å². The molecule has 78 valence electrons. The van der Waals surface area contributed by atoms with Crippen molar-refractivity contribution in [2.75, 3.05) is 5.32 Å². The molecular weight excluding hydrogens is 192 g/mol. The first-order valence-electron chi connectivity index (χ1n) is 4.66. The molecule has 0 spiro atoms. The summed E-state index contributed by atoms with van der Waals surface area (Å²) in [5.74, 6) is 1.05. The van der Waals surface area contributed by atoms with Crippen LogP contribution in [0.15, 0.2) is 35.2 Å². The molecule has 0 aliphatic carbocycles. The van der Waals surface area contributed by atoms with Gasteiger partial charge in [0.2, 0.25) is 0 Å². The number of hydrogen-bond donors (Lipinski definition) is 2. The average Bonchev–Trinajstić information content (AvgIpc) is 2.73. The highest BCUT2D eigenvalue weighted by atomic mass is 16.3. The molecule has 0 bridgehead atoms. The molecule has 4 heteroatoms. The number of phenolic OH excluding ortho intramolecular Hbond substituents is 1. The van der Waals surface area contributed by atoms with Crippen LogP contribution in [0, 0.1) is 6.92 Å². The SMILES string of the molecule is Cc1ccc(NCc2cnco2)cc1O. The quantitative estimate of drug-likeness (QED) is 0.805. The van der Waals surface area contributed by atoms with E-state index in [1.165, 1.54) is 6.39 Å². The lowest BCUT2D eigenvalue weighted by atomic mass is 10.2. The van der Waals surface area contributed by atoms with Gasteiger partial charge in [-0.2, -0.15) is 0 Å². The number of oxazole rings is 1. The van der Waals surface area contributed by atoms with Crippen molar-refractivity contribution in [2.45, 2.75) is 13.5 Å². The molecule has 2 rings (SSSR count). The highest BCUT2D eigenvalue weighted by Crippen LogP contribution is 2.21. The zero-order valence-electron chi connectivity index (χ0n) is 8.40. The first kappa shape index (κ1) is 9.58. The molecule has 0 atom stereocenters. The third-order valence-electron chi connectivity index (χ3n) is 2.16. The van der Waals surface area contributed by atoms with E-state index in [2.05, 4.69) is 10.3 Å². The molecule has 0 fully saturated rings. The van der Waals surface area contributed by atoms with Crippen LogP contribution < -0.4 is 5.32 Å². The van der Waals surface area contributed by atoms with Gasteiger partial charge in [0.05, 0.1) is 12.7 Å². The Bertz CT molecular complexity index is 438. The number of aryl methyl sites for hydroxylation is 1. The predicted molar refractivity (Wildman–Crippen MR) is 56.7 cm³/mol. The lowest BCUT2D eigenvalue weighted by Gasteiger charge is -2.05. The molecule has 2 aromatic rings. The number of aromatic nitrogens is 1. The molecule has 0 aliphatic rings. The number of aromatic hydroxyl groups is 1. The Morgan fingerprint density at radius 3 is 3.00 bits per heavy atom. The van der Waals surface area contributed by atoms with Gasteiger partial charge in [0.1, 0.15) is 11.5 Å². The van der Waals surface area contributed by atoms with Gasteiger partial charge in [-0.3, -0.25) is 0 Å². The Morgan fingerprint density at radius 1 is 1.47 bits per heavy atom. The van der Waals surface area contributed by atoms with Gasteiger partial charge >= 0.3 is 0 Å². The zero-order chi connectivity index (χ0) is 10.7. The van der Waals surface area contributed by atoms with Crippen LogP contribution in [0.4, 0.5) is 5.69 Å². The minimum absolute atomic E-state index is 0.289. The molecule has 0 aliphatic heterocycles. The van der Waals surface area contributed by atoms with Crippen molar-refractivity contribution in [3.8, 4) is 5.75 Å². The van der Waals surface area contributed by atoms with Gasteiger partial charge < -0.3 is 14.8 Å². The number of hydrogen-bond acceptors (Lipinski definition) is 4. The number of benzene rings is 1. The summed E-state index contributed by atoms with van der Waals surface area (Å²) in [6, 6.07) is 5.45. The first-order valence-corrected chi connectivity index (χ1v) is 4.66. The largest absolute Gasteiger partial charge is 0.508 e. The number of anilines is 1. The van der Waals surface area contributed by atoms with E-state index in [1.807, 2.05) is 19.1 Å². The molecule has 1 heterocycles. The normalized spacial score (nSPS) is 10.2. The van der Waals surface area contributed by atoms with Gasteiger partial charge in [-0.15, -0.1) is 0 Å². The molecule has 0 saturated carbocycles. The molecule has 15 heavy (non-hydrogen) atoms. The second-order valence-electron chi connectivity index (χ2n) is 3.32. The average molecular weight is 204 g/mol. The van der Waals surface area contributed by atoms with Crippen LogP contribution in [-0.4, -0.2) is 10.1 Å². The summed E-state index contributed by atoms with van der Waals surface area (Å²) < 4.78 is 5.07. The van der Waals surface area contributed by atoms with Crippen molar-refractivity contribution in [1.29, 1.82) is 0 Å². The summed E-state index contributed by atoms with van der Waals surface area (Å²) >= 11 is 0. The fourth-order valence-electron chi connectivity index (χ4n) is 1.24. The van der Waals surface area contributed by atoms with E-state index in [4.69, 9.17) is 4.42 Å². The van der Waals surface area contributed by atoms with E-state index in [-0.39, 0.29) is 5.75 Å². The van der Waals surface area contributed by atoms with Gasteiger partial charge in [0.15, 0.2) is 6.39 Å². The molecule has 2 N–H and O–H groups in total. The zero-order valence-corrected chi connectivity index (χ0v) is 8.40. The van der Waals surface area contributed by atoms with Crippen molar-refractivity contribution in [1.82, 2.24) is 4.98 Å². The van der Waals surface area contributed by atoms with Crippen LogP contribution in [0.1, 0.15) is 11.3 Å². The molecule has 0 radical (unpaired) electrons. The number of nitrogens with zero attached hydrogens (tertiary/aromatic N) is 1.